The molecule has 1 aromatic carbocycles. The third kappa shape index (κ3) is 2.56. The SMILES string of the molecule is [B]c1cc(C(=O)N2CCOc3ccncc32)cc(Br)c1OC. The van der Waals surface area contributed by atoms with Crippen LogP contribution in [0.4, 0.5) is 5.69 Å². The Hall–Kier alpha value is -2.02. The van der Waals surface area contributed by atoms with E-state index in [0.717, 1.165) is 0 Å². The number of methoxy groups -OCH3 is 1. The maximum Gasteiger partial charge on any atom is 0.258 e. The molecule has 0 unspecified atom stereocenters. The summed E-state index contributed by atoms with van der Waals surface area (Å²) < 4.78 is 11.4. The predicted octanol–water partition coefficient (Wildman–Crippen LogP) is 1.69. The molecule has 1 aromatic heterocycles. The molecule has 0 bridgehead atoms. The number of hydrogen-bond donors (Lipinski definition) is 0. The van der Waals surface area contributed by atoms with Crippen LogP contribution in [0.2, 0.25) is 0 Å². The maximum atomic E-state index is 12.8. The van der Waals surface area contributed by atoms with Gasteiger partial charge < -0.3 is 14.4 Å². The van der Waals surface area contributed by atoms with Crippen molar-refractivity contribution < 1.29 is 14.3 Å². The first-order valence-corrected chi connectivity index (χ1v) is 7.43. The number of halogens is 1. The fourth-order valence-electron chi connectivity index (χ4n) is 2.39. The van der Waals surface area contributed by atoms with Gasteiger partial charge in [-0.25, -0.2) is 0 Å². The van der Waals surface area contributed by atoms with Gasteiger partial charge in [0.1, 0.15) is 31.6 Å². The summed E-state index contributed by atoms with van der Waals surface area (Å²) in [5.74, 6) is 1.00. The molecule has 2 heterocycles. The molecule has 0 saturated heterocycles. The number of ether oxygens (including phenoxy) is 2. The van der Waals surface area contributed by atoms with Gasteiger partial charge >= 0.3 is 0 Å². The molecule has 0 aliphatic carbocycles. The van der Waals surface area contributed by atoms with E-state index in [4.69, 9.17) is 17.3 Å². The summed E-state index contributed by atoms with van der Waals surface area (Å²) in [5, 5.41) is 0. The van der Waals surface area contributed by atoms with Crippen LogP contribution in [0.5, 0.6) is 11.5 Å². The van der Waals surface area contributed by atoms with Crippen molar-refractivity contribution in [1.29, 1.82) is 0 Å². The van der Waals surface area contributed by atoms with E-state index < -0.39 is 0 Å². The van der Waals surface area contributed by atoms with E-state index in [1.807, 2.05) is 0 Å². The summed E-state index contributed by atoms with van der Waals surface area (Å²) in [6, 6.07) is 5.05. The highest BCUT2D eigenvalue weighted by Gasteiger charge is 2.25. The van der Waals surface area contributed by atoms with E-state index in [-0.39, 0.29) is 5.91 Å². The highest BCUT2D eigenvalue weighted by atomic mass is 79.9. The van der Waals surface area contributed by atoms with Crippen LogP contribution in [-0.4, -0.2) is 39.0 Å². The molecule has 110 valence electrons. The van der Waals surface area contributed by atoms with Gasteiger partial charge in [0, 0.05) is 17.8 Å². The third-order valence-corrected chi connectivity index (χ3v) is 3.98. The zero-order chi connectivity index (χ0) is 15.7. The first kappa shape index (κ1) is 14.9. The predicted molar refractivity (Wildman–Crippen MR) is 87.5 cm³/mol. The van der Waals surface area contributed by atoms with Gasteiger partial charge in [0.05, 0.1) is 24.3 Å². The number of anilines is 1. The summed E-state index contributed by atoms with van der Waals surface area (Å²) in [7, 11) is 7.46. The summed E-state index contributed by atoms with van der Waals surface area (Å²) in [5.41, 5.74) is 1.53. The minimum absolute atomic E-state index is 0.160. The van der Waals surface area contributed by atoms with Gasteiger partial charge in [-0.3, -0.25) is 9.78 Å². The highest BCUT2D eigenvalue weighted by molar-refractivity contribution is 9.10. The van der Waals surface area contributed by atoms with Crippen molar-refractivity contribution >= 4 is 40.8 Å². The number of carbonyl (C=O) groups is 1. The number of rotatable bonds is 2. The normalized spacial score (nSPS) is 13.3. The Bertz CT molecular complexity index is 715. The molecule has 1 amide bonds. The largest absolute Gasteiger partial charge is 0.496 e. The van der Waals surface area contributed by atoms with Crippen LogP contribution in [0.15, 0.2) is 35.1 Å². The number of carbonyl (C=O) groups excluding carboxylic acids is 1. The van der Waals surface area contributed by atoms with Crippen LogP contribution < -0.4 is 19.8 Å². The molecule has 0 fully saturated rings. The van der Waals surface area contributed by atoms with Crippen LogP contribution in [0.3, 0.4) is 0 Å². The summed E-state index contributed by atoms with van der Waals surface area (Å²) in [4.78, 5) is 18.5. The van der Waals surface area contributed by atoms with Crippen LogP contribution in [0, 0.1) is 0 Å². The standard InChI is InChI=1S/C15H12BBrN2O3/c1-21-14-10(16)6-9(7-11(14)17)15(20)19-4-5-22-13-2-3-18-8-12(13)19/h2-3,6-8H,4-5H2,1H3. The molecule has 0 atom stereocenters. The first-order chi connectivity index (χ1) is 10.6. The summed E-state index contributed by atoms with van der Waals surface area (Å²) >= 11 is 3.37. The lowest BCUT2D eigenvalue weighted by Crippen LogP contribution is -2.38. The van der Waals surface area contributed by atoms with E-state index in [9.17, 15) is 4.79 Å². The minimum Gasteiger partial charge on any atom is -0.496 e. The lowest BCUT2D eigenvalue weighted by atomic mass is 9.92. The van der Waals surface area contributed by atoms with Crippen molar-refractivity contribution in [1.82, 2.24) is 4.98 Å². The second-order valence-electron chi connectivity index (χ2n) is 4.73. The molecule has 1 aliphatic rings. The summed E-state index contributed by atoms with van der Waals surface area (Å²) in [6.45, 7) is 0.899. The van der Waals surface area contributed by atoms with Gasteiger partial charge in [-0.05, 0) is 22.0 Å². The monoisotopic (exact) mass is 358 g/mol. The van der Waals surface area contributed by atoms with E-state index in [1.54, 1.807) is 35.5 Å². The van der Waals surface area contributed by atoms with Crippen molar-refractivity contribution in [3.05, 3.63) is 40.6 Å². The number of benzene rings is 1. The maximum absolute atomic E-state index is 12.8. The second-order valence-corrected chi connectivity index (χ2v) is 5.58. The molecule has 22 heavy (non-hydrogen) atoms. The number of aromatic nitrogens is 1. The molecule has 0 N–H and O–H groups in total. The van der Waals surface area contributed by atoms with E-state index in [1.165, 1.54) is 7.11 Å². The Morgan fingerprint density at radius 1 is 1.50 bits per heavy atom. The molecule has 3 rings (SSSR count). The molecule has 0 spiro atoms. The van der Waals surface area contributed by atoms with Gasteiger partial charge in [-0.15, -0.1) is 0 Å². The van der Waals surface area contributed by atoms with Crippen molar-refractivity contribution in [2.75, 3.05) is 25.2 Å². The molecular formula is C15H12BBrN2O3. The van der Waals surface area contributed by atoms with Crippen molar-refractivity contribution in [3.8, 4) is 11.5 Å². The van der Waals surface area contributed by atoms with Crippen LogP contribution in [-0.2, 0) is 0 Å². The smallest absolute Gasteiger partial charge is 0.258 e. The fraction of sp³-hybridized carbons (Fsp3) is 0.200. The van der Waals surface area contributed by atoms with Gasteiger partial charge in [0.15, 0.2) is 0 Å². The van der Waals surface area contributed by atoms with Crippen molar-refractivity contribution in [2.24, 2.45) is 0 Å². The molecule has 1 aliphatic heterocycles. The topological polar surface area (TPSA) is 51.7 Å². The number of pyridine rings is 1. The molecule has 7 heteroatoms. The molecule has 2 radical (unpaired) electrons. The number of fused-ring (bicyclic) bond motifs is 1. The van der Waals surface area contributed by atoms with Gasteiger partial charge in [-0.2, -0.15) is 0 Å². The van der Waals surface area contributed by atoms with Crippen LogP contribution in [0.25, 0.3) is 0 Å². The Labute approximate surface area is 137 Å². The Balaban J connectivity index is 1.99. The minimum atomic E-state index is -0.160. The summed E-state index contributed by atoms with van der Waals surface area (Å²) in [6.07, 6.45) is 3.25. The highest BCUT2D eigenvalue weighted by Crippen LogP contribution is 2.32. The lowest BCUT2D eigenvalue weighted by Gasteiger charge is -2.29. The molecule has 2 aromatic rings. The van der Waals surface area contributed by atoms with E-state index >= 15 is 0 Å². The van der Waals surface area contributed by atoms with E-state index in [0.29, 0.717) is 45.8 Å². The molecule has 0 saturated carbocycles. The zero-order valence-electron chi connectivity index (χ0n) is 11.9. The van der Waals surface area contributed by atoms with Gasteiger partial charge in [0.25, 0.3) is 5.91 Å². The Morgan fingerprint density at radius 2 is 2.32 bits per heavy atom. The Morgan fingerprint density at radius 3 is 3.05 bits per heavy atom. The van der Waals surface area contributed by atoms with Crippen LogP contribution in [0.1, 0.15) is 10.4 Å². The number of nitrogens with zero attached hydrogens (tertiary/aromatic N) is 2. The third-order valence-electron chi connectivity index (χ3n) is 3.39. The van der Waals surface area contributed by atoms with Crippen molar-refractivity contribution in [2.45, 2.75) is 0 Å². The average Bonchev–Trinajstić information content (AvgIpc) is 2.53. The number of amides is 1. The number of hydrogen-bond acceptors (Lipinski definition) is 4. The Kier molecular flexibility index (Phi) is 4.07. The quantitative estimate of drug-likeness (QED) is 0.766. The van der Waals surface area contributed by atoms with Gasteiger partial charge in [0.2, 0.25) is 0 Å². The zero-order valence-corrected chi connectivity index (χ0v) is 13.5. The van der Waals surface area contributed by atoms with Crippen molar-refractivity contribution in [3.63, 3.8) is 0 Å². The van der Waals surface area contributed by atoms with Crippen LogP contribution >= 0.6 is 15.9 Å². The average molecular weight is 359 g/mol. The van der Waals surface area contributed by atoms with E-state index in [2.05, 4.69) is 20.9 Å². The molecule has 5 nitrogen and oxygen atoms in total. The fourth-order valence-corrected chi connectivity index (χ4v) is 3.02. The lowest BCUT2D eigenvalue weighted by molar-refractivity contribution is 0.0976. The molecular weight excluding hydrogens is 347 g/mol. The van der Waals surface area contributed by atoms with Gasteiger partial charge in [-0.1, -0.05) is 11.5 Å². The first-order valence-electron chi connectivity index (χ1n) is 6.63. The second kappa shape index (κ2) is 6.00.